The minimum atomic E-state index is -0.595. The largest absolute Gasteiger partial charge is 0.302 e. The number of thioether (sulfide) groups is 1. The van der Waals surface area contributed by atoms with Gasteiger partial charge in [-0.1, -0.05) is 29.8 Å². The Labute approximate surface area is 96.4 Å². The van der Waals surface area contributed by atoms with E-state index in [-0.39, 0.29) is 5.24 Å². The molecule has 0 bridgehead atoms. The van der Waals surface area contributed by atoms with Crippen LogP contribution in [-0.4, -0.2) is 22.3 Å². The van der Waals surface area contributed by atoms with Crippen molar-refractivity contribution in [1.29, 1.82) is 0 Å². The molecule has 0 spiro atoms. The second-order valence-corrected chi connectivity index (χ2v) is 4.64. The molecule has 78 valence electrons. The van der Waals surface area contributed by atoms with Crippen molar-refractivity contribution in [2.45, 2.75) is 10.8 Å². The topological polar surface area (TPSA) is 37.4 Å². The van der Waals surface area contributed by atoms with Crippen LogP contribution in [0.5, 0.6) is 0 Å². The lowest BCUT2D eigenvalue weighted by Gasteiger charge is -2.19. The first-order valence-corrected chi connectivity index (χ1v) is 5.70. The van der Waals surface area contributed by atoms with E-state index in [0.717, 1.165) is 17.4 Å². The lowest BCUT2D eigenvalue weighted by molar-refractivity contribution is -0.107. The SMILES string of the molecule is O=C[C@@H]1SC(=O)N(c2ccccc2)[C@@H]1Cl. The normalized spacial score (nSPS) is 25.7. The van der Waals surface area contributed by atoms with Crippen LogP contribution in [-0.2, 0) is 4.79 Å². The maximum absolute atomic E-state index is 11.6. The zero-order valence-corrected chi connectivity index (χ0v) is 9.24. The van der Waals surface area contributed by atoms with Crippen molar-refractivity contribution in [3.05, 3.63) is 30.3 Å². The van der Waals surface area contributed by atoms with Gasteiger partial charge >= 0.3 is 0 Å². The Kier molecular flexibility index (Phi) is 2.98. The summed E-state index contributed by atoms with van der Waals surface area (Å²) in [5.74, 6) is 0. The summed E-state index contributed by atoms with van der Waals surface area (Å²) in [5.41, 5.74) is 0.127. The van der Waals surface area contributed by atoms with E-state index < -0.39 is 10.8 Å². The van der Waals surface area contributed by atoms with Crippen LogP contribution in [0.2, 0.25) is 0 Å². The van der Waals surface area contributed by atoms with Crippen molar-refractivity contribution in [1.82, 2.24) is 0 Å². The average molecular weight is 242 g/mol. The number of hydrogen-bond donors (Lipinski definition) is 0. The molecule has 2 rings (SSSR count). The Morgan fingerprint density at radius 1 is 1.33 bits per heavy atom. The summed E-state index contributed by atoms with van der Waals surface area (Å²) < 4.78 is 0. The summed E-state index contributed by atoms with van der Waals surface area (Å²) in [6.45, 7) is 0. The smallest absolute Gasteiger partial charge is 0.288 e. The highest BCUT2D eigenvalue weighted by atomic mass is 35.5. The summed E-state index contributed by atoms with van der Waals surface area (Å²) in [5, 5.41) is -0.669. The van der Waals surface area contributed by atoms with Gasteiger partial charge in [-0.15, -0.1) is 0 Å². The number of benzene rings is 1. The van der Waals surface area contributed by atoms with E-state index in [1.165, 1.54) is 4.90 Å². The summed E-state index contributed by atoms with van der Waals surface area (Å²) in [6, 6.07) is 9.09. The zero-order valence-electron chi connectivity index (χ0n) is 7.67. The minimum absolute atomic E-state index is 0.182. The molecule has 0 aliphatic carbocycles. The molecule has 1 aliphatic rings. The number of nitrogens with zero attached hydrogens (tertiary/aromatic N) is 1. The first kappa shape index (κ1) is 10.5. The molecular weight excluding hydrogens is 234 g/mol. The molecule has 1 saturated heterocycles. The van der Waals surface area contributed by atoms with E-state index in [2.05, 4.69) is 0 Å². The lowest BCUT2D eigenvalue weighted by atomic mass is 10.3. The Bertz CT molecular complexity index is 384. The van der Waals surface area contributed by atoms with Gasteiger partial charge in [-0.3, -0.25) is 9.69 Å². The van der Waals surface area contributed by atoms with Crippen LogP contribution in [0, 0.1) is 0 Å². The predicted molar refractivity (Wildman–Crippen MR) is 61.4 cm³/mol. The quantitative estimate of drug-likeness (QED) is 0.454. The van der Waals surface area contributed by atoms with Crippen LogP contribution in [0.3, 0.4) is 0 Å². The number of hydrogen-bond acceptors (Lipinski definition) is 3. The molecular formula is C10H8ClNO2S. The Morgan fingerprint density at radius 2 is 2.00 bits per heavy atom. The van der Waals surface area contributed by atoms with Gasteiger partial charge in [0.05, 0.1) is 0 Å². The highest BCUT2D eigenvalue weighted by Crippen LogP contribution is 2.36. The fraction of sp³-hybridized carbons (Fsp3) is 0.200. The lowest BCUT2D eigenvalue weighted by Crippen LogP contribution is -2.32. The third-order valence-electron chi connectivity index (χ3n) is 2.12. The highest BCUT2D eigenvalue weighted by Gasteiger charge is 2.40. The number of halogens is 1. The molecule has 1 amide bonds. The third-order valence-corrected chi connectivity index (χ3v) is 3.78. The number of anilines is 1. The molecule has 0 aromatic heterocycles. The molecule has 0 radical (unpaired) electrons. The van der Waals surface area contributed by atoms with Crippen LogP contribution < -0.4 is 4.90 Å². The number of aldehydes is 1. The van der Waals surface area contributed by atoms with Gasteiger partial charge in [0.25, 0.3) is 5.24 Å². The summed E-state index contributed by atoms with van der Waals surface area (Å²) in [6.07, 6.45) is 0.711. The minimum Gasteiger partial charge on any atom is -0.302 e. The number of rotatable bonds is 2. The van der Waals surface area contributed by atoms with E-state index in [9.17, 15) is 9.59 Å². The van der Waals surface area contributed by atoms with E-state index in [1.54, 1.807) is 12.1 Å². The van der Waals surface area contributed by atoms with Gasteiger partial charge in [0.2, 0.25) is 0 Å². The first-order chi connectivity index (χ1) is 7.24. The van der Waals surface area contributed by atoms with Crippen molar-refractivity contribution in [2.75, 3.05) is 4.90 Å². The van der Waals surface area contributed by atoms with Crippen molar-refractivity contribution >= 4 is 40.6 Å². The van der Waals surface area contributed by atoms with Crippen LogP contribution in [0.15, 0.2) is 30.3 Å². The number of para-hydroxylation sites is 1. The van der Waals surface area contributed by atoms with Gasteiger partial charge in [0.1, 0.15) is 17.0 Å². The van der Waals surface area contributed by atoms with Crippen molar-refractivity contribution in [3.8, 4) is 0 Å². The van der Waals surface area contributed by atoms with Crippen LogP contribution in [0.1, 0.15) is 0 Å². The molecule has 2 atom stereocenters. The second-order valence-electron chi connectivity index (χ2n) is 3.06. The molecule has 0 N–H and O–H groups in total. The molecule has 0 unspecified atom stereocenters. The standard InChI is InChI=1S/C10H8ClNO2S/c11-9-8(6-13)15-10(14)12(9)7-4-2-1-3-5-7/h1-6,8-9H/t8-,9-/m0/s1. The third kappa shape index (κ3) is 1.87. The first-order valence-electron chi connectivity index (χ1n) is 4.38. The molecule has 5 heteroatoms. The van der Waals surface area contributed by atoms with Gasteiger partial charge < -0.3 is 4.79 Å². The van der Waals surface area contributed by atoms with E-state index in [0.29, 0.717) is 6.29 Å². The summed E-state index contributed by atoms with van der Waals surface area (Å²) in [7, 11) is 0. The molecule has 0 saturated carbocycles. The fourth-order valence-corrected chi connectivity index (χ4v) is 2.73. The molecule has 1 aromatic rings. The summed E-state index contributed by atoms with van der Waals surface area (Å²) >= 11 is 6.99. The Morgan fingerprint density at radius 3 is 2.53 bits per heavy atom. The number of carbonyl (C=O) groups excluding carboxylic acids is 2. The molecule has 1 aromatic carbocycles. The van der Waals surface area contributed by atoms with Gasteiger partial charge in [-0.2, -0.15) is 0 Å². The molecule has 15 heavy (non-hydrogen) atoms. The number of alkyl halides is 1. The van der Waals surface area contributed by atoms with Gasteiger partial charge in [0.15, 0.2) is 0 Å². The van der Waals surface area contributed by atoms with E-state index in [4.69, 9.17) is 11.6 Å². The molecule has 3 nitrogen and oxygen atoms in total. The second kappa shape index (κ2) is 4.24. The Balaban J connectivity index is 2.30. The fourth-order valence-electron chi connectivity index (χ4n) is 1.41. The van der Waals surface area contributed by atoms with Crippen molar-refractivity contribution in [3.63, 3.8) is 0 Å². The van der Waals surface area contributed by atoms with Crippen molar-refractivity contribution in [2.24, 2.45) is 0 Å². The highest BCUT2D eigenvalue weighted by molar-refractivity contribution is 8.15. The van der Waals surface area contributed by atoms with Gasteiger partial charge in [0, 0.05) is 5.69 Å². The Hall–Kier alpha value is -1.00. The number of carbonyl (C=O) groups is 2. The van der Waals surface area contributed by atoms with Crippen LogP contribution in [0.25, 0.3) is 0 Å². The molecule has 1 fully saturated rings. The number of amides is 1. The van der Waals surface area contributed by atoms with Crippen LogP contribution >= 0.6 is 23.4 Å². The maximum atomic E-state index is 11.6. The van der Waals surface area contributed by atoms with E-state index >= 15 is 0 Å². The van der Waals surface area contributed by atoms with Gasteiger partial charge in [-0.25, -0.2) is 0 Å². The summed E-state index contributed by atoms with van der Waals surface area (Å²) in [4.78, 5) is 23.7. The average Bonchev–Trinajstić information content (AvgIpc) is 2.55. The zero-order chi connectivity index (χ0) is 10.8. The van der Waals surface area contributed by atoms with Gasteiger partial charge in [-0.05, 0) is 23.9 Å². The molecule has 1 heterocycles. The predicted octanol–water partition coefficient (Wildman–Crippen LogP) is 2.49. The monoisotopic (exact) mass is 241 g/mol. The molecule has 1 aliphatic heterocycles. The van der Waals surface area contributed by atoms with Crippen LogP contribution in [0.4, 0.5) is 10.5 Å². The van der Waals surface area contributed by atoms with E-state index in [1.807, 2.05) is 18.2 Å². The van der Waals surface area contributed by atoms with Crippen molar-refractivity contribution < 1.29 is 9.59 Å². The maximum Gasteiger partial charge on any atom is 0.288 e.